The fraction of sp³-hybridized carbons (Fsp3) is 0.522. The van der Waals surface area contributed by atoms with E-state index in [4.69, 9.17) is 10.8 Å². The summed E-state index contributed by atoms with van der Waals surface area (Å²) in [6, 6.07) is 2.43. The summed E-state index contributed by atoms with van der Waals surface area (Å²) in [6.45, 7) is 0. The van der Waals surface area contributed by atoms with Gasteiger partial charge in [0.25, 0.3) is 5.56 Å². The highest BCUT2D eigenvalue weighted by molar-refractivity contribution is 5.97. The third kappa shape index (κ3) is 2.82. The van der Waals surface area contributed by atoms with Crippen LogP contribution in [-0.4, -0.2) is 24.5 Å². The molecule has 156 valence electrons. The molecular formula is C23H28N6O. The molecule has 6 rings (SSSR count). The number of aromatic nitrogens is 5. The summed E-state index contributed by atoms with van der Waals surface area (Å²) in [4.78, 5) is 13.4. The van der Waals surface area contributed by atoms with Crippen molar-refractivity contribution in [3.8, 4) is 11.3 Å². The number of nitrogens with zero attached hydrogens (tertiary/aromatic N) is 4. The predicted octanol–water partition coefficient (Wildman–Crippen LogP) is 4.03. The number of pyridine rings is 1. The summed E-state index contributed by atoms with van der Waals surface area (Å²) in [5.41, 5.74) is 11.1. The standard InChI is InChI=1S/C23H28N6O/c1-28-18(13-5-3-2-4-6-13)11-17(27-28)16-12-29(21(14-7-8-14)15-9-10-15)23(30)19-20(16)25-26-22(19)24/h5,11-12,14-15,21H,2-4,6-10H2,1H3,(H3,24,25,26). The van der Waals surface area contributed by atoms with Gasteiger partial charge in [-0.3, -0.25) is 14.6 Å². The second-order valence-electron chi connectivity index (χ2n) is 9.29. The van der Waals surface area contributed by atoms with Gasteiger partial charge in [-0.15, -0.1) is 0 Å². The number of aromatic amines is 1. The Morgan fingerprint density at radius 1 is 1.20 bits per heavy atom. The smallest absolute Gasteiger partial charge is 0.264 e. The van der Waals surface area contributed by atoms with Gasteiger partial charge in [-0.1, -0.05) is 6.08 Å². The van der Waals surface area contributed by atoms with Crippen molar-refractivity contribution in [1.29, 1.82) is 0 Å². The van der Waals surface area contributed by atoms with E-state index in [1.165, 1.54) is 44.1 Å². The molecule has 0 amide bonds. The van der Waals surface area contributed by atoms with Crippen molar-refractivity contribution in [2.24, 2.45) is 18.9 Å². The second kappa shape index (κ2) is 6.59. The summed E-state index contributed by atoms with van der Waals surface area (Å²) in [7, 11) is 2.00. The lowest BCUT2D eigenvalue weighted by molar-refractivity contribution is 0.386. The molecule has 3 aliphatic rings. The fourth-order valence-electron chi connectivity index (χ4n) is 5.26. The van der Waals surface area contributed by atoms with Gasteiger partial charge in [0.15, 0.2) is 5.82 Å². The Morgan fingerprint density at radius 2 is 1.97 bits per heavy atom. The first kappa shape index (κ1) is 18.0. The van der Waals surface area contributed by atoms with Crippen LogP contribution in [0.25, 0.3) is 27.7 Å². The van der Waals surface area contributed by atoms with Crippen LogP contribution in [0.2, 0.25) is 0 Å². The van der Waals surface area contributed by atoms with E-state index in [1.54, 1.807) is 0 Å². The lowest BCUT2D eigenvalue weighted by atomic mass is 9.96. The molecule has 3 aromatic rings. The molecule has 0 spiro atoms. The number of hydrogen-bond donors (Lipinski definition) is 2. The Bertz CT molecular complexity index is 1210. The molecule has 0 unspecified atom stereocenters. The molecule has 3 heterocycles. The minimum Gasteiger partial charge on any atom is -0.382 e. The van der Waals surface area contributed by atoms with Crippen LogP contribution >= 0.6 is 0 Å². The summed E-state index contributed by atoms with van der Waals surface area (Å²) < 4.78 is 3.93. The number of allylic oxidation sites excluding steroid dienone is 2. The van der Waals surface area contributed by atoms with Crippen LogP contribution in [0.4, 0.5) is 5.82 Å². The number of hydrogen-bond acceptors (Lipinski definition) is 4. The molecule has 3 N–H and O–H groups in total. The van der Waals surface area contributed by atoms with Crippen molar-refractivity contribution in [3.05, 3.63) is 34.4 Å². The monoisotopic (exact) mass is 404 g/mol. The van der Waals surface area contributed by atoms with Crippen molar-refractivity contribution >= 4 is 22.3 Å². The Balaban J connectivity index is 1.54. The summed E-state index contributed by atoms with van der Waals surface area (Å²) >= 11 is 0. The van der Waals surface area contributed by atoms with Crippen LogP contribution in [-0.2, 0) is 7.05 Å². The van der Waals surface area contributed by atoms with Crippen LogP contribution in [0.5, 0.6) is 0 Å². The average Bonchev–Trinajstić information content (AvgIpc) is 3.68. The van der Waals surface area contributed by atoms with Gasteiger partial charge in [-0.2, -0.15) is 10.2 Å². The molecule has 0 bridgehead atoms. The minimum absolute atomic E-state index is 0.0186. The maximum absolute atomic E-state index is 13.4. The molecule has 7 nitrogen and oxygen atoms in total. The van der Waals surface area contributed by atoms with E-state index in [1.807, 2.05) is 22.5 Å². The number of fused-ring (bicyclic) bond motifs is 1. The Labute approximate surface area is 175 Å². The Morgan fingerprint density at radius 3 is 2.63 bits per heavy atom. The zero-order valence-corrected chi connectivity index (χ0v) is 17.4. The molecule has 7 heteroatoms. The number of nitrogens with one attached hydrogen (secondary N) is 1. The van der Waals surface area contributed by atoms with E-state index in [0.29, 0.717) is 22.7 Å². The van der Waals surface area contributed by atoms with Crippen LogP contribution in [0.15, 0.2) is 23.1 Å². The molecule has 30 heavy (non-hydrogen) atoms. The second-order valence-corrected chi connectivity index (χ2v) is 9.29. The first-order chi connectivity index (χ1) is 14.6. The molecule has 0 radical (unpaired) electrons. The first-order valence-electron chi connectivity index (χ1n) is 11.2. The van der Waals surface area contributed by atoms with E-state index < -0.39 is 0 Å². The first-order valence-corrected chi connectivity index (χ1v) is 11.2. The van der Waals surface area contributed by atoms with Gasteiger partial charge in [0, 0.05) is 24.8 Å². The molecular weight excluding hydrogens is 376 g/mol. The lowest BCUT2D eigenvalue weighted by Gasteiger charge is -2.20. The summed E-state index contributed by atoms with van der Waals surface area (Å²) in [5.74, 6) is 1.50. The van der Waals surface area contributed by atoms with Crippen molar-refractivity contribution in [1.82, 2.24) is 24.5 Å². The third-order valence-corrected chi connectivity index (χ3v) is 7.09. The van der Waals surface area contributed by atoms with Crippen molar-refractivity contribution in [3.63, 3.8) is 0 Å². The lowest BCUT2D eigenvalue weighted by Crippen LogP contribution is -2.27. The van der Waals surface area contributed by atoms with Crippen LogP contribution < -0.4 is 11.3 Å². The van der Waals surface area contributed by atoms with Crippen molar-refractivity contribution in [2.75, 3.05) is 5.73 Å². The topological polar surface area (TPSA) is 94.5 Å². The zero-order valence-electron chi connectivity index (χ0n) is 17.4. The van der Waals surface area contributed by atoms with Crippen LogP contribution in [0.1, 0.15) is 63.1 Å². The number of nitrogen functional groups attached to an aromatic ring is 1. The summed E-state index contributed by atoms with van der Waals surface area (Å²) in [5, 5.41) is 12.5. The van der Waals surface area contributed by atoms with Gasteiger partial charge in [0.2, 0.25) is 0 Å². The van der Waals surface area contributed by atoms with Crippen LogP contribution in [0.3, 0.4) is 0 Å². The zero-order chi connectivity index (χ0) is 20.4. The Kier molecular flexibility index (Phi) is 3.95. The molecule has 3 aliphatic carbocycles. The quantitative estimate of drug-likeness (QED) is 0.671. The van der Waals surface area contributed by atoms with E-state index in [2.05, 4.69) is 22.3 Å². The highest BCUT2D eigenvalue weighted by atomic mass is 16.1. The largest absolute Gasteiger partial charge is 0.382 e. The maximum atomic E-state index is 13.4. The SMILES string of the molecule is Cn1nc(-c2cn(C(C3CC3)C3CC3)c(=O)c3c(N)n[nH]c23)cc1C1=CCCCC1. The third-order valence-electron chi connectivity index (χ3n) is 7.09. The molecule has 0 atom stereocenters. The number of aryl methyl sites for hydroxylation is 1. The highest BCUT2D eigenvalue weighted by Crippen LogP contribution is 2.52. The van der Waals surface area contributed by atoms with Gasteiger partial charge in [0.1, 0.15) is 5.39 Å². The molecule has 3 aromatic heterocycles. The Hall–Kier alpha value is -2.83. The fourth-order valence-corrected chi connectivity index (χ4v) is 5.26. The van der Waals surface area contributed by atoms with Crippen molar-refractivity contribution < 1.29 is 0 Å². The van der Waals surface area contributed by atoms with E-state index >= 15 is 0 Å². The summed E-state index contributed by atoms with van der Waals surface area (Å²) in [6.07, 6.45) is 13.9. The van der Waals surface area contributed by atoms with E-state index in [0.717, 1.165) is 29.8 Å². The predicted molar refractivity (Wildman–Crippen MR) is 118 cm³/mol. The molecule has 0 aliphatic heterocycles. The molecule has 0 aromatic carbocycles. The molecule has 0 saturated heterocycles. The van der Waals surface area contributed by atoms with Crippen LogP contribution in [0, 0.1) is 11.8 Å². The van der Waals surface area contributed by atoms with Gasteiger partial charge < -0.3 is 10.3 Å². The van der Waals surface area contributed by atoms with Crippen molar-refractivity contribution in [2.45, 2.75) is 57.4 Å². The number of anilines is 1. The average molecular weight is 405 g/mol. The number of nitrogens with two attached hydrogens (primary N) is 1. The van der Waals surface area contributed by atoms with Gasteiger partial charge in [0.05, 0.1) is 16.9 Å². The molecule has 2 fully saturated rings. The normalized spacial score (nSPS) is 19.6. The maximum Gasteiger partial charge on any atom is 0.264 e. The highest BCUT2D eigenvalue weighted by Gasteiger charge is 2.43. The number of H-pyrrole nitrogens is 1. The minimum atomic E-state index is -0.0186. The van der Waals surface area contributed by atoms with E-state index in [9.17, 15) is 4.79 Å². The van der Waals surface area contributed by atoms with E-state index in [-0.39, 0.29) is 17.4 Å². The van der Waals surface area contributed by atoms with Gasteiger partial charge >= 0.3 is 0 Å². The molecule has 2 saturated carbocycles. The number of rotatable bonds is 5. The van der Waals surface area contributed by atoms with Gasteiger partial charge in [-0.25, -0.2) is 0 Å². The van der Waals surface area contributed by atoms with Gasteiger partial charge in [-0.05, 0) is 74.8 Å².